The Hall–Kier alpha value is -1.36. The molecule has 5 nitrogen and oxygen atoms in total. The summed E-state index contributed by atoms with van der Waals surface area (Å²) in [6.45, 7) is 6.96. The fraction of sp³-hybridized carbons (Fsp3) is 0.667. The molecule has 1 aliphatic heterocycles. The van der Waals surface area contributed by atoms with E-state index in [4.69, 9.17) is 0 Å². The van der Waals surface area contributed by atoms with Gasteiger partial charge in [0.1, 0.15) is 17.5 Å². The summed E-state index contributed by atoms with van der Waals surface area (Å²) in [5, 5.41) is 13.1. The molecule has 2 rings (SSSR count). The van der Waals surface area contributed by atoms with Crippen LogP contribution in [0.15, 0.2) is 0 Å². The van der Waals surface area contributed by atoms with E-state index in [0.717, 1.165) is 36.0 Å². The topological polar surface area (TPSA) is 61.3 Å². The van der Waals surface area contributed by atoms with Gasteiger partial charge in [0.25, 0.3) is 0 Å². The largest absolute Gasteiger partial charge is 0.389 e. The lowest BCUT2D eigenvalue weighted by Gasteiger charge is -2.27. The second kappa shape index (κ2) is 4.14. The molecule has 1 aromatic heterocycles. The number of aromatic nitrogens is 2. The summed E-state index contributed by atoms with van der Waals surface area (Å²) >= 11 is 0. The Kier molecular flexibility index (Phi) is 2.95. The molecule has 1 aromatic rings. The average molecular weight is 236 g/mol. The van der Waals surface area contributed by atoms with Crippen LogP contribution >= 0.6 is 0 Å². The number of likely N-dealkylation sites (N-methyl/N-ethyl adjacent to an activating group) is 1. The van der Waals surface area contributed by atoms with Crippen molar-refractivity contribution in [1.82, 2.24) is 9.97 Å². The van der Waals surface area contributed by atoms with Gasteiger partial charge >= 0.3 is 0 Å². The van der Waals surface area contributed by atoms with Crippen LogP contribution in [0, 0.1) is 6.92 Å². The summed E-state index contributed by atoms with van der Waals surface area (Å²) in [7, 11) is 1.96. The smallest absolute Gasteiger partial charge is 0.137 e. The van der Waals surface area contributed by atoms with Crippen molar-refractivity contribution in [3.05, 3.63) is 11.4 Å². The van der Waals surface area contributed by atoms with E-state index in [1.165, 1.54) is 0 Å². The van der Waals surface area contributed by atoms with Gasteiger partial charge in [-0.05, 0) is 27.2 Å². The Morgan fingerprint density at radius 3 is 2.76 bits per heavy atom. The van der Waals surface area contributed by atoms with Crippen LogP contribution in [-0.2, 0) is 6.42 Å². The van der Waals surface area contributed by atoms with E-state index in [-0.39, 0.29) is 0 Å². The molecule has 0 saturated heterocycles. The highest BCUT2D eigenvalue weighted by Gasteiger charge is 2.23. The molecular formula is C12H20N4O. The minimum atomic E-state index is -0.730. The van der Waals surface area contributed by atoms with E-state index in [1.807, 2.05) is 18.9 Å². The van der Waals surface area contributed by atoms with Crippen LogP contribution in [-0.4, -0.2) is 40.8 Å². The van der Waals surface area contributed by atoms with Crippen LogP contribution in [0.1, 0.15) is 25.2 Å². The number of hydrogen-bond donors (Lipinski definition) is 2. The quantitative estimate of drug-likeness (QED) is 0.818. The minimum Gasteiger partial charge on any atom is -0.389 e. The number of anilines is 2. The zero-order valence-corrected chi connectivity index (χ0v) is 10.9. The average Bonchev–Trinajstić information content (AvgIpc) is 2.60. The zero-order valence-electron chi connectivity index (χ0n) is 10.9. The van der Waals surface area contributed by atoms with Gasteiger partial charge in [-0.15, -0.1) is 0 Å². The van der Waals surface area contributed by atoms with Crippen molar-refractivity contribution in [2.75, 3.05) is 30.4 Å². The second-order valence-corrected chi connectivity index (χ2v) is 5.27. The third-order valence-corrected chi connectivity index (χ3v) is 2.75. The van der Waals surface area contributed by atoms with Crippen molar-refractivity contribution in [3.63, 3.8) is 0 Å². The van der Waals surface area contributed by atoms with E-state index in [1.54, 1.807) is 13.8 Å². The molecule has 2 heterocycles. The Morgan fingerprint density at radius 2 is 2.12 bits per heavy atom. The maximum atomic E-state index is 9.87. The van der Waals surface area contributed by atoms with Crippen LogP contribution in [0.4, 0.5) is 11.6 Å². The highest BCUT2D eigenvalue weighted by molar-refractivity contribution is 5.62. The monoisotopic (exact) mass is 236 g/mol. The maximum Gasteiger partial charge on any atom is 0.137 e. The van der Waals surface area contributed by atoms with Crippen LogP contribution < -0.4 is 10.2 Å². The summed E-state index contributed by atoms with van der Waals surface area (Å²) in [5.41, 5.74) is 0.425. The highest BCUT2D eigenvalue weighted by Crippen LogP contribution is 2.28. The van der Waals surface area contributed by atoms with Crippen molar-refractivity contribution in [3.8, 4) is 0 Å². The Balaban J connectivity index is 2.32. The van der Waals surface area contributed by atoms with E-state index < -0.39 is 5.60 Å². The molecule has 0 radical (unpaired) electrons. The summed E-state index contributed by atoms with van der Waals surface area (Å²) in [6.07, 6.45) is 0.946. The number of rotatable bonds is 3. The van der Waals surface area contributed by atoms with Gasteiger partial charge < -0.3 is 15.3 Å². The molecule has 0 aromatic carbocycles. The molecule has 94 valence electrons. The normalized spacial score (nSPS) is 14.4. The Bertz CT molecular complexity index is 425. The second-order valence-electron chi connectivity index (χ2n) is 5.27. The fourth-order valence-corrected chi connectivity index (χ4v) is 2.23. The first-order chi connectivity index (χ1) is 7.87. The van der Waals surface area contributed by atoms with Gasteiger partial charge in [0, 0.05) is 25.7 Å². The molecule has 5 heteroatoms. The SMILES string of the molecule is Cc1nc2c(c(N(C)CC(C)(C)O)n1)CCN2. The van der Waals surface area contributed by atoms with Gasteiger partial charge in [0.05, 0.1) is 5.60 Å². The van der Waals surface area contributed by atoms with Crippen molar-refractivity contribution in [2.24, 2.45) is 0 Å². The Labute approximate surface area is 102 Å². The van der Waals surface area contributed by atoms with Crippen molar-refractivity contribution >= 4 is 11.6 Å². The fourth-order valence-electron chi connectivity index (χ4n) is 2.23. The van der Waals surface area contributed by atoms with E-state index in [2.05, 4.69) is 15.3 Å². The number of hydrogen-bond acceptors (Lipinski definition) is 5. The standard InChI is InChI=1S/C12H20N4O/c1-8-14-10-9(5-6-13-10)11(15-8)16(4)7-12(2,3)17/h17H,5-7H2,1-4H3,(H,13,14,15). The zero-order chi connectivity index (χ0) is 12.6. The van der Waals surface area contributed by atoms with Crippen molar-refractivity contribution in [2.45, 2.75) is 32.8 Å². The van der Waals surface area contributed by atoms with Crippen LogP contribution in [0.2, 0.25) is 0 Å². The van der Waals surface area contributed by atoms with E-state index >= 15 is 0 Å². The highest BCUT2D eigenvalue weighted by atomic mass is 16.3. The van der Waals surface area contributed by atoms with Crippen LogP contribution in [0.5, 0.6) is 0 Å². The van der Waals surface area contributed by atoms with Gasteiger partial charge in [-0.2, -0.15) is 0 Å². The molecule has 0 bridgehead atoms. The van der Waals surface area contributed by atoms with E-state index in [0.29, 0.717) is 6.54 Å². The third kappa shape index (κ3) is 2.66. The van der Waals surface area contributed by atoms with Gasteiger partial charge in [0.15, 0.2) is 0 Å². The van der Waals surface area contributed by atoms with Crippen molar-refractivity contribution in [1.29, 1.82) is 0 Å². The number of aryl methyl sites for hydroxylation is 1. The maximum absolute atomic E-state index is 9.87. The van der Waals surface area contributed by atoms with Gasteiger partial charge in [-0.25, -0.2) is 9.97 Å². The molecule has 0 fully saturated rings. The van der Waals surface area contributed by atoms with Crippen LogP contribution in [0.3, 0.4) is 0 Å². The molecule has 2 N–H and O–H groups in total. The molecule has 0 unspecified atom stereocenters. The first kappa shape index (κ1) is 12.1. The Morgan fingerprint density at radius 1 is 1.41 bits per heavy atom. The predicted molar refractivity (Wildman–Crippen MR) is 68.5 cm³/mol. The molecular weight excluding hydrogens is 216 g/mol. The lowest BCUT2D eigenvalue weighted by Crippen LogP contribution is -2.37. The molecule has 0 aliphatic carbocycles. The van der Waals surface area contributed by atoms with Crippen LogP contribution in [0.25, 0.3) is 0 Å². The predicted octanol–water partition coefficient (Wildman–Crippen LogP) is 0.960. The van der Waals surface area contributed by atoms with Gasteiger partial charge in [0.2, 0.25) is 0 Å². The summed E-state index contributed by atoms with van der Waals surface area (Å²) in [4.78, 5) is 10.9. The third-order valence-electron chi connectivity index (χ3n) is 2.75. The molecule has 1 aliphatic rings. The summed E-state index contributed by atoms with van der Waals surface area (Å²) in [6, 6.07) is 0. The molecule has 0 spiro atoms. The molecule has 17 heavy (non-hydrogen) atoms. The molecule has 0 amide bonds. The van der Waals surface area contributed by atoms with Crippen molar-refractivity contribution < 1.29 is 5.11 Å². The first-order valence-electron chi connectivity index (χ1n) is 5.92. The number of nitrogens with one attached hydrogen (secondary N) is 1. The van der Waals surface area contributed by atoms with E-state index in [9.17, 15) is 5.11 Å². The molecule has 0 atom stereocenters. The summed E-state index contributed by atoms with van der Waals surface area (Å²) in [5.74, 6) is 2.63. The lowest BCUT2D eigenvalue weighted by atomic mass is 10.1. The summed E-state index contributed by atoms with van der Waals surface area (Å²) < 4.78 is 0. The van der Waals surface area contributed by atoms with Gasteiger partial charge in [-0.1, -0.05) is 0 Å². The minimum absolute atomic E-state index is 0.551. The number of nitrogens with zero attached hydrogens (tertiary/aromatic N) is 3. The number of fused-ring (bicyclic) bond motifs is 1. The first-order valence-corrected chi connectivity index (χ1v) is 5.92. The lowest BCUT2D eigenvalue weighted by molar-refractivity contribution is 0.0884. The molecule has 0 saturated carbocycles. The number of aliphatic hydroxyl groups is 1. The van der Waals surface area contributed by atoms with Gasteiger partial charge in [-0.3, -0.25) is 0 Å².